The van der Waals surface area contributed by atoms with Crippen LogP contribution in [0.1, 0.15) is 38.0 Å². The molecule has 0 unspecified atom stereocenters. The number of nitrogens with zero attached hydrogens (tertiary/aromatic N) is 3. The van der Waals surface area contributed by atoms with Crippen LogP contribution in [-0.2, 0) is 16.6 Å². The maximum atomic E-state index is 12.5. The second-order valence-electron chi connectivity index (χ2n) is 10.3. The fraction of sp³-hybridized carbons (Fsp3) is 0.276. The molecule has 9 heteroatoms. The Labute approximate surface area is 230 Å². The Morgan fingerprint density at radius 3 is 2.45 bits per heavy atom. The lowest BCUT2D eigenvalue weighted by Crippen LogP contribution is -2.28. The van der Waals surface area contributed by atoms with Gasteiger partial charge in [0.05, 0.1) is 21.3 Å². The van der Waals surface area contributed by atoms with E-state index in [9.17, 15) is 9.90 Å². The van der Waals surface area contributed by atoms with Gasteiger partial charge in [0.25, 0.3) is 0 Å². The number of fused-ring (bicyclic) bond motifs is 2. The van der Waals surface area contributed by atoms with Gasteiger partial charge < -0.3 is 15.2 Å². The molecule has 5 rings (SSSR count). The number of ether oxygens (including phenoxy) is 1. The largest absolute Gasteiger partial charge is 0.479 e. The summed E-state index contributed by atoms with van der Waals surface area (Å²) in [5.41, 5.74) is 5.18. The van der Waals surface area contributed by atoms with Crippen LogP contribution in [0.3, 0.4) is 0 Å². The number of carboxylic acids is 1. The summed E-state index contributed by atoms with van der Waals surface area (Å²) in [5.74, 6) is -0.216. The Kier molecular flexibility index (Phi) is 6.67. The number of halogens is 1. The molecule has 7 nitrogen and oxygen atoms in total. The van der Waals surface area contributed by atoms with Gasteiger partial charge in [-0.1, -0.05) is 29.8 Å². The SMILES string of the molecule is CNc1nn(C)c2cc(-c3nc4cc(C)c([C@H](OC(C)(C)C)C(=O)O)c(-c5ccc(Cl)cc5)c4s3)ccc12. The number of thiazole rings is 1. The van der Waals surface area contributed by atoms with Crippen LogP contribution in [-0.4, -0.2) is 38.5 Å². The number of carboxylic acid groups (broad SMARTS) is 1. The molecule has 0 aliphatic carbocycles. The van der Waals surface area contributed by atoms with E-state index in [0.717, 1.165) is 54.2 Å². The van der Waals surface area contributed by atoms with Crippen molar-refractivity contribution in [3.63, 3.8) is 0 Å². The van der Waals surface area contributed by atoms with Gasteiger partial charge >= 0.3 is 5.97 Å². The van der Waals surface area contributed by atoms with Crippen LogP contribution >= 0.6 is 22.9 Å². The predicted molar refractivity (Wildman–Crippen MR) is 155 cm³/mol. The smallest absolute Gasteiger partial charge is 0.337 e. The van der Waals surface area contributed by atoms with Crippen LogP contribution in [0, 0.1) is 6.92 Å². The number of hydrogen-bond acceptors (Lipinski definition) is 6. The van der Waals surface area contributed by atoms with E-state index < -0.39 is 17.7 Å². The third-order valence-electron chi connectivity index (χ3n) is 6.35. The van der Waals surface area contributed by atoms with Crippen LogP contribution in [0.15, 0.2) is 48.5 Å². The highest BCUT2D eigenvalue weighted by atomic mass is 35.5. The summed E-state index contributed by atoms with van der Waals surface area (Å²) in [6.45, 7) is 7.49. The Hall–Kier alpha value is -3.46. The Balaban J connectivity index is 1.77. The fourth-order valence-corrected chi connectivity index (χ4v) is 5.98. The van der Waals surface area contributed by atoms with E-state index in [-0.39, 0.29) is 0 Å². The zero-order valence-corrected chi connectivity index (χ0v) is 23.7. The van der Waals surface area contributed by atoms with Crippen LogP contribution in [0.25, 0.3) is 42.8 Å². The summed E-state index contributed by atoms with van der Waals surface area (Å²) >= 11 is 7.74. The van der Waals surface area contributed by atoms with Crippen molar-refractivity contribution in [2.45, 2.75) is 39.4 Å². The highest BCUT2D eigenvalue weighted by Gasteiger charge is 2.32. The van der Waals surface area contributed by atoms with Gasteiger partial charge in [-0.15, -0.1) is 11.3 Å². The van der Waals surface area contributed by atoms with Gasteiger partial charge in [-0.2, -0.15) is 5.10 Å². The molecule has 196 valence electrons. The van der Waals surface area contributed by atoms with E-state index in [2.05, 4.69) is 16.5 Å². The highest BCUT2D eigenvalue weighted by molar-refractivity contribution is 7.22. The molecule has 1 atom stereocenters. The van der Waals surface area contributed by atoms with Crippen LogP contribution < -0.4 is 5.32 Å². The minimum absolute atomic E-state index is 0.607. The van der Waals surface area contributed by atoms with Gasteiger partial charge in [-0.25, -0.2) is 9.78 Å². The van der Waals surface area contributed by atoms with Crippen molar-refractivity contribution < 1.29 is 14.6 Å². The van der Waals surface area contributed by atoms with Crippen molar-refractivity contribution in [2.24, 2.45) is 7.05 Å². The lowest BCUT2D eigenvalue weighted by atomic mass is 9.91. The first-order chi connectivity index (χ1) is 18.0. The van der Waals surface area contributed by atoms with Gasteiger partial charge in [-0.3, -0.25) is 4.68 Å². The van der Waals surface area contributed by atoms with Crippen molar-refractivity contribution in [2.75, 3.05) is 12.4 Å². The lowest BCUT2D eigenvalue weighted by Gasteiger charge is -2.28. The molecule has 0 aliphatic heterocycles. The zero-order chi connectivity index (χ0) is 27.4. The fourth-order valence-electron chi connectivity index (χ4n) is 4.74. The van der Waals surface area contributed by atoms with E-state index in [1.807, 2.05) is 88.9 Å². The molecular formula is C29H29ClN4O3S. The van der Waals surface area contributed by atoms with E-state index in [1.165, 1.54) is 11.3 Å². The molecule has 0 bridgehead atoms. The van der Waals surface area contributed by atoms with Crippen molar-refractivity contribution in [3.8, 4) is 21.7 Å². The summed E-state index contributed by atoms with van der Waals surface area (Å²) in [6.07, 6.45) is -1.15. The number of rotatable bonds is 6. The lowest BCUT2D eigenvalue weighted by molar-refractivity contribution is -0.160. The standard InChI is InChI=1S/C29H29ClN4O3S/c1-15-13-20-25(38-27(32-20)17-9-12-19-21(14-17)34(6)33-26(19)31-5)23(16-7-10-18(30)11-8-16)22(15)24(28(35)36)37-29(2,3)4/h7-14,24H,1-6H3,(H,31,33)(H,35,36)/t24-/m0/s1. The van der Waals surface area contributed by atoms with Crippen molar-refractivity contribution in [1.29, 1.82) is 0 Å². The Morgan fingerprint density at radius 1 is 1.13 bits per heavy atom. The monoisotopic (exact) mass is 548 g/mol. The number of aliphatic carboxylic acids is 1. The molecule has 38 heavy (non-hydrogen) atoms. The average molecular weight is 549 g/mol. The first kappa shape index (κ1) is 26.2. The van der Waals surface area contributed by atoms with Crippen molar-refractivity contribution >= 4 is 55.8 Å². The van der Waals surface area contributed by atoms with Crippen molar-refractivity contribution in [3.05, 3.63) is 64.7 Å². The molecule has 2 aromatic heterocycles. The van der Waals surface area contributed by atoms with Gasteiger partial charge in [0.1, 0.15) is 5.01 Å². The summed E-state index contributed by atoms with van der Waals surface area (Å²) < 4.78 is 8.85. The Morgan fingerprint density at radius 2 is 1.82 bits per heavy atom. The molecule has 3 aromatic carbocycles. The quantitative estimate of drug-likeness (QED) is 0.229. The van der Waals surface area contributed by atoms with E-state index in [4.69, 9.17) is 21.3 Å². The van der Waals surface area contributed by atoms with E-state index >= 15 is 0 Å². The normalized spacial score (nSPS) is 12.8. The number of aromatic nitrogens is 3. The number of hydrogen-bond donors (Lipinski definition) is 2. The molecule has 0 fully saturated rings. The molecule has 0 radical (unpaired) electrons. The van der Waals surface area contributed by atoms with Crippen molar-refractivity contribution in [1.82, 2.24) is 14.8 Å². The van der Waals surface area contributed by atoms with Gasteiger partial charge in [-0.05, 0) is 69.2 Å². The molecule has 0 saturated heterocycles. The second-order valence-corrected chi connectivity index (χ2v) is 11.7. The molecule has 2 heterocycles. The first-order valence-electron chi connectivity index (χ1n) is 12.2. The molecular weight excluding hydrogens is 520 g/mol. The molecule has 0 aliphatic rings. The minimum atomic E-state index is -1.15. The first-order valence-corrected chi connectivity index (χ1v) is 13.4. The highest BCUT2D eigenvalue weighted by Crippen LogP contribution is 2.44. The van der Waals surface area contributed by atoms with E-state index in [0.29, 0.717) is 10.6 Å². The third-order valence-corrected chi connectivity index (χ3v) is 7.74. The van der Waals surface area contributed by atoms with Gasteiger partial charge in [0.2, 0.25) is 0 Å². The molecule has 2 N–H and O–H groups in total. The maximum absolute atomic E-state index is 12.5. The summed E-state index contributed by atoms with van der Waals surface area (Å²) in [5, 5.41) is 20.4. The maximum Gasteiger partial charge on any atom is 0.337 e. The number of anilines is 1. The third kappa shape index (κ3) is 4.75. The molecule has 0 saturated carbocycles. The number of aryl methyl sites for hydroxylation is 2. The van der Waals surface area contributed by atoms with E-state index in [1.54, 1.807) is 0 Å². The average Bonchev–Trinajstić information content (AvgIpc) is 3.42. The van der Waals surface area contributed by atoms with Gasteiger partial charge in [0, 0.05) is 41.2 Å². The molecule has 5 aromatic rings. The summed E-state index contributed by atoms with van der Waals surface area (Å²) in [4.78, 5) is 17.5. The molecule has 0 amide bonds. The number of benzene rings is 3. The molecule has 0 spiro atoms. The van der Waals surface area contributed by atoms with Crippen LogP contribution in [0.2, 0.25) is 5.02 Å². The summed E-state index contributed by atoms with van der Waals surface area (Å²) in [7, 11) is 3.77. The summed E-state index contributed by atoms with van der Waals surface area (Å²) in [6, 6.07) is 15.6. The van der Waals surface area contributed by atoms with Gasteiger partial charge in [0.15, 0.2) is 11.9 Å². The Bertz CT molecular complexity index is 1680. The topological polar surface area (TPSA) is 89.3 Å². The van der Waals surface area contributed by atoms with Crippen LogP contribution in [0.4, 0.5) is 5.82 Å². The predicted octanol–water partition coefficient (Wildman–Crippen LogP) is 7.46. The minimum Gasteiger partial charge on any atom is -0.479 e. The second kappa shape index (κ2) is 9.69. The number of nitrogens with one attached hydrogen (secondary N) is 1. The van der Waals surface area contributed by atoms with Crippen LogP contribution in [0.5, 0.6) is 0 Å². The zero-order valence-electron chi connectivity index (χ0n) is 22.1. The number of carbonyl (C=O) groups is 1.